The summed E-state index contributed by atoms with van der Waals surface area (Å²) in [5.74, 6) is -0.744. The van der Waals surface area contributed by atoms with Crippen molar-refractivity contribution >= 4 is 5.69 Å². The second-order valence-electron chi connectivity index (χ2n) is 2.63. The molecule has 68 valence electrons. The highest BCUT2D eigenvalue weighted by molar-refractivity contribution is 5.76. The molecule has 0 amide bonds. The quantitative estimate of drug-likeness (QED) is 0.638. The van der Waals surface area contributed by atoms with Crippen molar-refractivity contribution in [2.45, 2.75) is 0 Å². The van der Waals surface area contributed by atoms with Crippen molar-refractivity contribution in [3.05, 3.63) is 35.3 Å². The molecule has 0 atom stereocenters. The average molecular weight is 187 g/mol. The zero-order chi connectivity index (χ0) is 9.97. The summed E-state index contributed by atoms with van der Waals surface area (Å²) in [5, 5.41) is 23.1. The van der Waals surface area contributed by atoms with E-state index in [2.05, 4.69) is 14.7 Å². The van der Waals surface area contributed by atoms with Crippen LogP contribution in [0.5, 0.6) is 5.95 Å². The molecule has 0 spiro atoms. The molecule has 1 aromatic heterocycles. The van der Waals surface area contributed by atoms with Gasteiger partial charge in [-0.05, 0) is 0 Å². The zero-order valence-corrected chi connectivity index (χ0v) is 7.04. The smallest absolute Gasteiger partial charge is 0.435 e. The number of diazo groups is 1. The van der Waals surface area contributed by atoms with Gasteiger partial charge >= 0.3 is 5.69 Å². The van der Waals surface area contributed by atoms with Crippen LogP contribution in [0.15, 0.2) is 34.9 Å². The monoisotopic (exact) mass is 187 g/mol. The summed E-state index contributed by atoms with van der Waals surface area (Å²) in [7, 11) is 0. The van der Waals surface area contributed by atoms with Gasteiger partial charge in [0, 0.05) is 5.56 Å². The van der Waals surface area contributed by atoms with E-state index in [0.717, 1.165) is 0 Å². The molecule has 0 saturated heterocycles. The van der Waals surface area contributed by atoms with Gasteiger partial charge in [-0.25, -0.2) is 0 Å². The lowest BCUT2D eigenvalue weighted by atomic mass is 10.1. The third-order valence-electron chi connectivity index (χ3n) is 1.78. The maximum Gasteiger partial charge on any atom is 0.435 e. The van der Waals surface area contributed by atoms with Crippen molar-refractivity contribution < 1.29 is 9.63 Å². The molecule has 0 N–H and O–H groups in total. The Morgan fingerprint density at radius 2 is 2.00 bits per heavy atom. The molecule has 2 aromatic rings. The number of aromatic nitrogens is 1. The average Bonchev–Trinajstić information content (AvgIpc) is 2.61. The fraction of sp³-hybridized carbons (Fsp3) is 0. The number of hydrogen-bond acceptors (Lipinski definition) is 4. The molecule has 2 rings (SSSR count). The minimum Gasteiger partial charge on any atom is -0.538 e. The molecule has 0 aliphatic rings. The largest absolute Gasteiger partial charge is 0.538 e. The lowest BCUT2D eigenvalue weighted by molar-refractivity contribution is -0.295. The van der Waals surface area contributed by atoms with E-state index in [1.807, 2.05) is 6.07 Å². The second kappa shape index (κ2) is 3.18. The van der Waals surface area contributed by atoms with Crippen LogP contribution in [0, 0.1) is 5.39 Å². The molecule has 5 nitrogen and oxygen atoms in total. The van der Waals surface area contributed by atoms with Gasteiger partial charge < -0.3 is 9.63 Å². The molecule has 0 aliphatic carbocycles. The van der Waals surface area contributed by atoms with Crippen LogP contribution in [0.25, 0.3) is 16.2 Å². The number of hydrogen-bond donors (Lipinski definition) is 0. The van der Waals surface area contributed by atoms with E-state index >= 15 is 0 Å². The van der Waals surface area contributed by atoms with Crippen LogP contribution in [0.4, 0.5) is 5.69 Å². The van der Waals surface area contributed by atoms with E-state index in [-0.39, 0.29) is 11.4 Å². The van der Waals surface area contributed by atoms with Crippen molar-refractivity contribution in [1.82, 2.24) is 5.16 Å². The molecule has 0 saturated carbocycles. The SMILES string of the molecule is N#[N+]c1c(-c2ccccc2)noc1[O-]. The fourth-order valence-corrected chi connectivity index (χ4v) is 1.14. The van der Waals surface area contributed by atoms with Crippen molar-refractivity contribution in [3.63, 3.8) is 0 Å². The van der Waals surface area contributed by atoms with Gasteiger partial charge in [-0.3, -0.25) is 0 Å². The van der Waals surface area contributed by atoms with Gasteiger partial charge in [0.1, 0.15) is 0 Å². The predicted molar refractivity (Wildman–Crippen MR) is 46.1 cm³/mol. The van der Waals surface area contributed by atoms with Crippen LogP contribution in [-0.2, 0) is 0 Å². The van der Waals surface area contributed by atoms with Crippen molar-refractivity contribution in [3.8, 4) is 17.2 Å². The lowest BCUT2D eigenvalue weighted by Crippen LogP contribution is -1.84. The van der Waals surface area contributed by atoms with Crippen LogP contribution in [-0.4, -0.2) is 5.16 Å². The van der Waals surface area contributed by atoms with Crippen LogP contribution < -0.4 is 5.11 Å². The Labute approximate surface area is 79.2 Å². The van der Waals surface area contributed by atoms with Gasteiger partial charge in [-0.2, -0.15) is 5.16 Å². The number of rotatable bonds is 1. The molecule has 0 radical (unpaired) electrons. The van der Waals surface area contributed by atoms with Gasteiger partial charge in [0.2, 0.25) is 5.39 Å². The minimum atomic E-state index is -0.744. The van der Waals surface area contributed by atoms with Crippen molar-refractivity contribution in [2.24, 2.45) is 0 Å². The summed E-state index contributed by atoms with van der Waals surface area (Å²) >= 11 is 0. The Bertz CT molecular complexity index is 485. The topological polar surface area (TPSA) is 77.2 Å². The van der Waals surface area contributed by atoms with Crippen LogP contribution in [0.1, 0.15) is 0 Å². The number of benzene rings is 1. The Morgan fingerprint density at radius 3 is 2.64 bits per heavy atom. The summed E-state index contributed by atoms with van der Waals surface area (Å²) in [4.78, 5) is 2.84. The first kappa shape index (κ1) is 8.26. The molecule has 0 bridgehead atoms. The fourth-order valence-electron chi connectivity index (χ4n) is 1.14. The molecule has 5 heteroatoms. The predicted octanol–water partition coefficient (Wildman–Crippen LogP) is 1.90. The first-order valence-electron chi connectivity index (χ1n) is 3.90. The summed E-state index contributed by atoms with van der Waals surface area (Å²) < 4.78 is 4.38. The van der Waals surface area contributed by atoms with Gasteiger partial charge in [-0.15, -0.1) is 0 Å². The van der Waals surface area contributed by atoms with E-state index in [9.17, 15) is 5.11 Å². The maximum atomic E-state index is 11.0. The van der Waals surface area contributed by atoms with Gasteiger partial charge in [0.05, 0.1) is 0 Å². The molecular formula is C9H5N3O2. The van der Waals surface area contributed by atoms with Crippen LogP contribution >= 0.6 is 0 Å². The standard InChI is InChI=1S/C9H5N3O2/c10-11-8-7(12-14-9(8)13)6-4-2-1-3-5-6/h1-5H. The zero-order valence-electron chi connectivity index (χ0n) is 7.04. The second-order valence-corrected chi connectivity index (χ2v) is 2.63. The first-order chi connectivity index (χ1) is 6.83. The third-order valence-corrected chi connectivity index (χ3v) is 1.78. The van der Waals surface area contributed by atoms with Gasteiger partial charge in [0.25, 0.3) is 0 Å². The Hall–Kier alpha value is -2.35. The summed E-state index contributed by atoms with van der Waals surface area (Å²) in [5.41, 5.74) is 0.750. The van der Waals surface area contributed by atoms with E-state index in [1.54, 1.807) is 24.3 Å². The Kier molecular flexibility index (Phi) is 1.88. The van der Waals surface area contributed by atoms with Crippen LogP contribution in [0.3, 0.4) is 0 Å². The molecule has 0 unspecified atom stereocenters. The minimum absolute atomic E-state index is 0.170. The van der Waals surface area contributed by atoms with Crippen LogP contribution in [0.2, 0.25) is 0 Å². The van der Waals surface area contributed by atoms with Gasteiger partial charge in [0.15, 0.2) is 16.6 Å². The van der Waals surface area contributed by atoms with Gasteiger partial charge in [-0.1, -0.05) is 30.3 Å². The van der Waals surface area contributed by atoms with Crippen molar-refractivity contribution in [2.75, 3.05) is 0 Å². The molecular weight excluding hydrogens is 182 g/mol. The van der Waals surface area contributed by atoms with E-state index < -0.39 is 5.95 Å². The highest BCUT2D eigenvalue weighted by Gasteiger charge is 2.21. The molecule has 0 fully saturated rings. The third kappa shape index (κ3) is 1.19. The highest BCUT2D eigenvalue weighted by atomic mass is 16.5. The molecule has 1 aromatic carbocycles. The first-order valence-corrected chi connectivity index (χ1v) is 3.90. The van der Waals surface area contributed by atoms with E-state index in [1.165, 1.54) is 0 Å². The summed E-state index contributed by atoms with van der Waals surface area (Å²) in [6.45, 7) is 0. The van der Waals surface area contributed by atoms with E-state index in [0.29, 0.717) is 5.56 Å². The Balaban J connectivity index is 2.59. The lowest BCUT2D eigenvalue weighted by Gasteiger charge is -1.90. The molecule has 1 heterocycles. The molecule has 14 heavy (non-hydrogen) atoms. The summed E-state index contributed by atoms with van der Waals surface area (Å²) in [6.07, 6.45) is 0. The normalized spacial score (nSPS) is 9.64. The Morgan fingerprint density at radius 1 is 1.29 bits per heavy atom. The highest BCUT2D eigenvalue weighted by Crippen LogP contribution is 2.35. The summed E-state index contributed by atoms with van der Waals surface area (Å²) in [6, 6.07) is 8.89. The molecule has 0 aliphatic heterocycles. The van der Waals surface area contributed by atoms with Crippen molar-refractivity contribution in [1.29, 1.82) is 5.39 Å². The van der Waals surface area contributed by atoms with E-state index in [4.69, 9.17) is 5.39 Å². The number of nitrogens with zero attached hydrogens (tertiary/aromatic N) is 3. The maximum absolute atomic E-state index is 11.0.